The molecule has 2 amide bonds. The van der Waals surface area contributed by atoms with Crippen LogP contribution in [0.2, 0.25) is 0 Å². The summed E-state index contributed by atoms with van der Waals surface area (Å²) in [6, 6.07) is 9.84. The zero-order chi connectivity index (χ0) is 32.4. The number of amides is 2. The van der Waals surface area contributed by atoms with Crippen LogP contribution in [-0.2, 0) is 17.9 Å². The molecule has 3 aromatic heterocycles. The van der Waals surface area contributed by atoms with Crippen molar-refractivity contribution in [2.45, 2.75) is 13.1 Å². The Morgan fingerprint density at radius 3 is 2.33 bits per heavy atom. The molecule has 0 unspecified atom stereocenters. The standard InChI is InChI=1S/C30H27F3N6O5S/c1-37(2)14-18-24-27(40)39(21-9-6-10-22(43-3)25(21)33)30(42)38(15-17-19(31)7-5-8-20(17)32)28(24)45-26(18)16-11-12-23(34-13-16)35-29(41)36-44-4/h5-13H,14-15H2,1-4H3,(H2,34,35,36,41). The third kappa shape index (κ3) is 6.05. The highest BCUT2D eigenvalue weighted by Gasteiger charge is 2.27. The molecule has 45 heavy (non-hydrogen) atoms. The van der Waals surface area contributed by atoms with E-state index in [0.717, 1.165) is 28.0 Å². The Hall–Kier alpha value is -4.99. The number of hydroxylamine groups is 1. The van der Waals surface area contributed by atoms with E-state index in [-0.39, 0.29) is 34.0 Å². The number of rotatable bonds is 9. The number of urea groups is 1. The van der Waals surface area contributed by atoms with Gasteiger partial charge in [-0.1, -0.05) is 12.1 Å². The summed E-state index contributed by atoms with van der Waals surface area (Å²) in [6.45, 7) is -0.384. The molecule has 0 saturated heterocycles. The maximum atomic E-state index is 15.6. The fraction of sp³-hybridized carbons (Fsp3) is 0.200. The molecular formula is C30H27F3N6O5S. The van der Waals surface area contributed by atoms with E-state index in [1.807, 2.05) is 0 Å². The van der Waals surface area contributed by atoms with Gasteiger partial charge in [0.2, 0.25) is 0 Å². The molecule has 0 atom stereocenters. The number of nitrogens with one attached hydrogen (secondary N) is 2. The molecule has 0 aliphatic carbocycles. The number of methoxy groups -OCH3 is 1. The van der Waals surface area contributed by atoms with Crippen molar-refractivity contribution in [2.24, 2.45) is 0 Å². The topological polar surface area (TPSA) is 120 Å². The normalized spacial score (nSPS) is 11.3. The molecule has 0 saturated carbocycles. The molecule has 0 bridgehead atoms. The molecule has 0 spiro atoms. The number of hydrogen-bond donors (Lipinski definition) is 2. The number of halogens is 3. The molecular weight excluding hydrogens is 613 g/mol. The number of carbonyl (C=O) groups is 1. The summed E-state index contributed by atoms with van der Waals surface area (Å²) in [5, 5.41) is 2.55. The lowest BCUT2D eigenvalue weighted by Crippen LogP contribution is -2.39. The minimum atomic E-state index is -1.01. The molecule has 5 rings (SSSR count). The van der Waals surface area contributed by atoms with Crippen LogP contribution >= 0.6 is 11.3 Å². The van der Waals surface area contributed by atoms with Gasteiger partial charge in [0.05, 0.1) is 31.8 Å². The zero-order valence-electron chi connectivity index (χ0n) is 24.5. The van der Waals surface area contributed by atoms with Crippen LogP contribution in [-0.4, -0.2) is 53.4 Å². The van der Waals surface area contributed by atoms with E-state index >= 15 is 4.39 Å². The highest BCUT2D eigenvalue weighted by atomic mass is 32.1. The molecule has 2 aromatic carbocycles. The lowest BCUT2D eigenvalue weighted by Gasteiger charge is -2.15. The molecule has 0 fully saturated rings. The molecule has 0 aliphatic heterocycles. The van der Waals surface area contributed by atoms with Crippen molar-refractivity contribution in [3.63, 3.8) is 0 Å². The van der Waals surface area contributed by atoms with Crippen LogP contribution < -0.4 is 26.8 Å². The van der Waals surface area contributed by atoms with Gasteiger partial charge in [-0.25, -0.2) is 37.8 Å². The van der Waals surface area contributed by atoms with Crippen LogP contribution in [0.15, 0.2) is 64.3 Å². The van der Waals surface area contributed by atoms with E-state index in [9.17, 15) is 23.2 Å². The fourth-order valence-electron chi connectivity index (χ4n) is 4.83. The predicted molar refractivity (Wildman–Crippen MR) is 163 cm³/mol. The van der Waals surface area contributed by atoms with Crippen LogP contribution in [0.25, 0.3) is 26.3 Å². The smallest absolute Gasteiger partial charge is 0.344 e. The SMILES string of the molecule is CONC(=O)Nc1ccc(-c2sc3c(c2CN(C)C)c(=O)n(-c2cccc(OC)c2F)c(=O)n3Cc2c(F)cccc2F)cn1. The van der Waals surface area contributed by atoms with Crippen LogP contribution in [0.4, 0.5) is 23.8 Å². The Bertz CT molecular complexity index is 2000. The minimum Gasteiger partial charge on any atom is -0.494 e. The fourth-order valence-corrected chi connectivity index (χ4v) is 6.12. The second-order valence-electron chi connectivity index (χ2n) is 10.0. The first-order chi connectivity index (χ1) is 21.5. The van der Waals surface area contributed by atoms with E-state index < -0.39 is 46.8 Å². The van der Waals surface area contributed by atoms with Gasteiger partial charge in [0.25, 0.3) is 5.56 Å². The third-order valence-electron chi connectivity index (χ3n) is 6.79. The van der Waals surface area contributed by atoms with Gasteiger partial charge in [0.15, 0.2) is 11.6 Å². The van der Waals surface area contributed by atoms with Crippen LogP contribution in [0.3, 0.4) is 0 Å². The molecule has 3 heterocycles. The van der Waals surface area contributed by atoms with Crippen molar-refractivity contribution >= 4 is 33.4 Å². The van der Waals surface area contributed by atoms with Gasteiger partial charge in [-0.15, -0.1) is 11.3 Å². The van der Waals surface area contributed by atoms with Crippen molar-refractivity contribution in [1.29, 1.82) is 0 Å². The van der Waals surface area contributed by atoms with Gasteiger partial charge >= 0.3 is 11.7 Å². The van der Waals surface area contributed by atoms with Crippen molar-refractivity contribution in [2.75, 3.05) is 33.6 Å². The summed E-state index contributed by atoms with van der Waals surface area (Å²) < 4.78 is 52.1. The van der Waals surface area contributed by atoms with Crippen molar-refractivity contribution in [3.8, 4) is 21.9 Å². The first kappa shape index (κ1) is 31.4. The predicted octanol–water partition coefficient (Wildman–Crippen LogP) is 4.49. The summed E-state index contributed by atoms with van der Waals surface area (Å²) >= 11 is 1.05. The number of thiophene rings is 1. The molecule has 15 heteroatoms. The van der Waals surface area contributed by atoms with Gasteiger partial charge in [0, 0.05) is 28.7 Å². The average Bonchev–Trinajstić information content (AvgIpc) is 3.36. The second kappa shape index (κ2) is 12.9. The number of benzene rings is 2. The monoisotopic (exact) mass is 640 g/mol. The summed E-state index contributed by atoms with van der Waals surface area (Å²) in [5.74, 6) is -2.75. The Kier molecular flexibility index (Phi) is 9.04. The number of nitrogens with zero attached hydrogens (tertiary/aromatic N) is 4. The third-order valence-corrected chi connectivity index (χ3v) is 8.09. The van der Waals surface area contributed by atoms with Crippen molar-refractivity contribution in [3.05, 3.63) is 104 Å². The molecule has 0 radical (unpaired) electrons. The zero-order valence-corrected chi connectivity index (χ0v) is 25.3. The van der Waals surface area contributed by atoms with Crippen LogP contribution in [0.1, 0.15) is 11.1 Å². The summed E-state index contributed by atoms with van der Waals surface area (Å²) in [4.78, 5) is 51.4. The first-order valence-corrected chi connectivity index (χ1v) is 14.2. The minimum absolute atomic E-state index is 0.0592. The van der Waals surface area contributed by atoms with Crippen LogP contribution in [0, 0.1) is 17.5 Å². The Morgan fingerprint density at radius 1 is 1.00 bits per heavy atom. The van der Waals surface area contributed by atoms with Crippen molar-refractivity contribution < 1.29 is 27.5 Å². The number of pyridine rings is 1. The van der Waals surface area contributed by atoms with E-state index in [4.69, 9.17) is 4.74 Å². The molecule has 0 aliphatic rings. The van der Waals surface area contributed by atoms with E-state index in [1.165, 1.54) is 50.7 Å². The summed E-state index contributed by atoms with van der Waals surface area (Å²) in [6.07, 6.45) is 1.46. The van der Waals surface area contributed by atoms with Gasteiger partial charge in [0.1, 0.15) is 22.3 Å². The lowest BCUT2D eigenvalue weighted by molar-refractivity contribution is 0.114. The van der Waals surface area contributed by atoms with E-state index in [1.54, 1.807) is 25.1 Å². The average molecular weight is 641 g/mol. The van der Waals surface area contributed by atoms with E-state index in [2.05, 4.69) is 20.6 Å². The van der Waals surface area contributed by atoms with Crippen LogP contribution in [0.5, 0.6) is 5.75 Å². The van der Waals surface area contributed by atoms with Gasteiger partial charge in [-0.05, 0) is 56.1 Å². The maximum Gasteiger partial charge on any atom is 0.344 e. The Balaban J connectivity index is 1.83. The molecule has 5 aromatic rings. The Labute approximate surface area is 258 Å². The van der Waals surface area contributed by atoms with Crippen molar-refractivity contribution in [1.82, 2.24) is 24.5 Å². The first-order valence-electron chi connectivity index (χ1n) is 13.3. The largest absolute Gasteiger partial charge is 0.494 e. The lowest BCUT2D eigenvalue weighted by atomic mass is 10.1. The maximum absolute atomic E-state index is 15.6. The number of hydrogen-bond acceptors (Lipinski definition) is 8. The Morgan fingerprint density at radius 2 is 1.71 bits per heavy atom. The number of anilines is 1. The summed E-state index contributed by atoms with van der Waals surface area (Å²) in [5.41, 5.74) is 0.492. The quantitative estimate of drug-likeness (QED) is 0.228. The molecule has 11 nitrogen and oxygen atoms in total. The summed E-state index contributed by atoms with van der Waals surface area (Å²) in [7, 11) is 6.07. The number of ether oxygens (including phenoxy) is 1. The number of fused-ring (bicyclic) bond motifs is 1. The van der Waals surface area contributed by atoms with Gasteiger partial charge in [-0.2, -0.15) is 0 Å². The van der Waals surface area contributed by atoms with E-state index in [0.29, 0.717) is 20.6 Å². The number of carbonyl (C=O) groups excluding carboxylic acids is 1. The number of aromatic nitrogens is 3. The highest BCUT2D eigenvalue weighted by Crippen LogP contribution is 2.38. The highest BCUT2D eigenvalue weighted by molar-refractivity contribution is 7.22. The van der Waals surface area contributed by atoms with Gasteiger partial charge < -0.3 is 9.64 Å². The molecule has 2 N–H and O–H groups in total. The molecule has 234 valence electrons. The second-order valence-corrected chi connectivity index (χ2v) is 11.0. The van der Waals surface area contributed by atoms with Gasteiger partial charge in [-0.3, -0.25) is 19.5 Å².